The van der Waals surface area contributed by atoms with E-state index in [-0.39, 0.29) is 12.5 Å². The predicted octanol–water partition coefficient (Wildman–Crippen LogP) is 0.281. The summed E-state index contributed by atoms with van der Waals surface area (Å²) in [6.07, 6.45) is 3.35. The number of hydrogen-bond donors (Lipinski definition) is 2. The van der Waals surface area contributed by atoms with Crippen molar-refractivity contribution in [1.82, 2.24) is 10.6 Å². The minimum atomic E-state index is -0.00940. The lowest BCUT2D eigenvalue weighted by atomic mass is 10.2. The van der Waals surface area contributed by atoms with E-state index in [9.17, 15) is 4.79 Å². The van der Waals surface area contributed by atoms with Gasteiger partial charge in [0, 0.05) is 12.6 Å². The molecule has 1 aliphatic heterocycles. The van der Waals surface area contributed by atoms with Crippen LogP contribution in [0.3, 0.4) is 0 Å². The summed E-state index contributed by atoms with van der Waals surface area (Å²) < 4.78 is 5.30. The molecule has 1 rings (SSSR count). The molecule has 0 aromatic carbocycles. The van der Waals surface area contributed by atoms with Crippen LogP contribution in [0.4, 0.5) is 0 Å². The number of carbonyl (C=O) groups excluding carboxylic acids is 1. The number of amides is 1. The Morgan fingerprint density at radius 3 is 3.14 bits per heavy atom. The summed E-state index contributed by atoms with van der Waals surface area (Å²) in [6, 6.07) is 0.453. The van der Waals surface area contributed by atoms with Crippen LogP contribution < -0.4 is 10.6 Å². The highest BCUT2D eigenvalue weighted by molar-refractivity contribution is 5.77. The lowest BCUT2D eigenvalue weighted by molar-refractivity contribution is -0.125. The Morgan fingerprint density at radius 2 is 2.50 bits per heavy atom. The summed E-state index contributed by atoms with van der Waals surface area (Å²) >= 11 is 0. The van der Waals surface area contributed by atoms with Crippen LogP contribution in [0.2, 0.25) is 0 Å². The van der Waals surface area contributed by atoms with E-state index in [1.807, 2.05) is 6.92 Å². The van der Waals surface area contributed by atoms with Gasteiger partial charge < -0.3 is 15.4 Å². The Balaban J connectivity index is 1.94. The van der Waals surface area contributed by atoms with Crippen molar-refractivity contribution in [3.05, 3.63) is 0 Å². The summed E-state index contributed by atoms with van der Waals surface area (Å²) in [7, 11) is 0. The molecule has 0 aromatic rings. The maximum absolute atomic E-state index is 11.1. The van der Waals surface area contributed by atoms with Gasteiger partial charge in [-0.3, -0.25) is 4.79 Å². The Morgan fingerprint density at radius 1 is 1.64 bits per heavy atom. The largest absolute Gasteiger partial charge is 0.370 e. The number of rotatable bonds is 6. The van der Waals surface area contributed by atoms with Gasteiger partial charge in [-0.2, -0.15) is 0 Å². The number of nitrogens with one attached hydrogen (secondary N) is 2. The van der Waals surface area contributed by atoms with Gasteiger partial charge >= 0.3 is 0 Å². The summed E-state index contributed by atoms with van der Waals surface area (Å²) in [5.74, 6) is -0.00940. The molecule has 1 aliphatic rings. The van der Waals surface area contributed by atoms with Gasteiger partial charge in [-0.15, -0.1) is 0 Å². The summed E-state index contributed by atoms with van der Waals surface area (Å²) in [6.45, 7) is 4.70. The number of ether oxygens (including phenoxy) is 1. The highest BCUT2D eigenvalue weighted by Gasteiger charge is 2.14. The minimum absolute atomic E-state index is 0.00940. The monoisotopic (exact) mass is 200 g/mol. The zero-order valence-electron chi connectivity index (χ0n) is 8.84. The van der Waals surface area contributed by atoms with Crippen molar-refractivity contribution >= 4 is 5.91 Å². The summed E-state index contributed by atoms with van der Waals surface area (Å²) in [4.78, 5) is 11.1. The minimum Gasteiger partial charge on any atom is -0.370 e. The first-order valence-corrected chi connectivity index (χ1v) is 5.40. The summed E-state index contributed by atoms with van der Waals surface area (Å²) in [5, 5.41) is 6.09. The van der Waals surface area contributed by atoms with Crippen LogP contribution in [0.15, 0.2) is 0 Å². The van der Waals surface area contributed by atoms with Crippen molar-refractivity contribution in [3.63, 3.8) is 0 Å². The van der Waals surface area contributed by atoms with E-state index in [1.54, 1.807) is 0 Å². The van der Waals surface area contributed by atoms with Gasteiger partial charge in [0.05, 0.1) is 6.61 Å². The zero-order chi connectivity index (χ0) is 10.2. The van der Waals surface area contributed by atoms with Gasteiger partial charge in [0.1, 0.15) is 6.61 Å². The molecule has 0 spiro atoms. The van der Waals surface area contributed by atoms with Gasteiger partial charge in [0.2, 0.25) is 5.91 Å². The van der Waals surface area contributed by atoms with Crippen LogP contribution >= 0.6 is 0 Å². The normalized spacial score (nSPS) is 21.1. The number of hydrogen-bond acceptors (Lipinski definition) is 3. The van der Waals surface area contributed by atoms with E-state index in [0.717, 1.165) is 25.9 Å². The summed E-state index contributed by atoms with van der Waals surface area (Å²) in [5.41, 5.74) is 0. The van der Waals surface area contributed by atoms with Crippen LogP contribution in [0, 0.1) is 0 Å². The molecule has 1 fully saturated rings. The molecule has 1 atom stereocenters. The molecule has 0 radical (unpaired) electrons. The van der Waals surface area contributed by atoms with Crippen LogP contribution in [0.25, 0.3) is 0 Å². The molecule has 0 saturated carbocycles. The molecule has 4 nitrogen and oxygen atoms in total. The van der Waals surface area contributed by atoms with Crippen molar-refractivity contribution in [2.45, 2.75) is 32.2 Å². The Hall–Kier alpha value is -0.610. The van der Waals surface area contributed by atoms with Crippen molar-refractivity contribution in [2.75, 3.05) is 26.3 Å². The standard InChI is InChI=1S/C10H20N2O2/c1-2-5-12-10(13)8-14-7-9-4-3-6-11-9/h9,11H,2-8H2,1H3,(H,12,13). The Kier molecular flexibility index (Phi) is 5.56. The lowest BCUT2D eigenvalue weighted by Crippen LogP contribution is -2.32. The maximum Gasteiger partial charge on any atom is 0.245 e. The third kappa shape index (κ3) is 4.58. The Labute approximate surface area is 85.4 Å². The molecule has 82 valence electrons. The predicted molar refractivity (Wildman–Crippen MR) is 55.1 cm³/mol. The first-order valence-electron chi connectivity index (χ1n) is 5.40. The van der Waals surface area contributed by atoms with E-state index in [1.165, 1.54) is 6.42 Å². The highest BCUT2D eigenvalue weighted by atomic mass is 16.5. The number of carbonyl (C=O) groups is 1. The third-order valence-corrected chi connectivity index (χ3v) is 2.29. The van der Waals surface area contributed by atoms with E-state index in [2.05, 4.69) is 10.6 Å². The molecule has 1 unspecified atom stereocenters. The molecule has 0 aromatic heterocycles. The maximum atomic E-state index is 11.1. The average molecular weight is 200 g/mol. The molecule has 1 heterocycles. The second kappa shape index (κ2) is 6.79. The third-order valence-electron chi connectivity index (χ3n) is 2.29. The van der Waals surface area contributed by atoms with Gasteiger partial charge in [0.25, 0.3) is 0 Å². The molecule has 0 aliphatic carbocycles. The van der Waals surface area contributed by atoms with Gasteiger partial charge in [0.15, 0.2) is 0 Å². The first kappa shape index (κ1) is 11.5. The molecule has 14 heavy (non-hydrogen) atoms. The van der Waals surface area contributed by atoms with E-state index < -0.39 is 0 Å². The molecule has 0 bridgehead atoms. The molecular formula is C10H20N2O2. The molecule has 1 saturated heterocycles. The van der Waals surface area contributed by atoms with Crippen molar-refractivity contribution in [2.24, 2.45) is 0 Å². The molecule has 1 amide bonds. The van der Waals surface area contributed by atoms with E-state index >= 15 is 0 Å². The van der Waals surface area contributed by atoms with Crippen LogP contribution in [0.5, 0.6) is 0 Å². The van der Waals surface area contributed by atoms with E-state index in [4.69, 9.17) is 4.74 Å². The molecule has 4 heteroatoms. The van der Waals surface area contributed by atoms with Crippen molar-refractivity contribution in [3.8, 4) is 0 Å². The smallest absolute Gasteiger partial charge is 0.245 e. The molecular weight excluding hydrogens is 180 g/mol. The fourth-order valence-electron chi connectivity index (χ4n) is 1.51. The fraction of sp³-hybridized carbons (Fsp3) is 0.900. The topological polar surface area (TPSA) is 50.4 Å². The Bertz CT molecular complexity index is 168. The van der Waals surface area contributed by atoms with Gasteiger partial charge in [-0.05, 0) is 25.8 Å². The second-order valence-electron chi connectivity index (χ2n) is 3.66. The quantitative estimate of drug-likeness (QED) is 0.647. The fourth-order valence-corrected chi connectivity index (χ4v) is 1.51. The first-order chi connectivity index (χ1) is 6.83. The average Bonchev–Trinajstić information content (AvgIpc) is 2.67. The van der Waals surface area contributed by atoms with Crippen LogP contribution in [-0.4, -0.2) is 38.3 Å². The van der Waals surface area contributed by atoms with Crippen molar-refractivity contribution < 1.29 is 9.53 Å². The van der Waals surface area contributed by atoms with Gasteiger partial charge in [-0.1, -0.05) is 6.92 Å². The van der Waals surface area contributed by atoms with E-state index in [0.29, 0.717) is 12.6 Å². The van der Waals surface area contributed by atoms with Gasteiger partial charge in [-0.25, -0.2) is 0 Å². The molecule has 2 N–H and O–H groups in total. The van der Waals surface area contributed by atoms with Crippen LogP contribution in [-0.2, 0) is 9.53 Å². The SMILES string of the molecule is CCCNC(=O)COCC1CCCN1. The highest BCUT2D eigenvalue weighted by Crippen LogP contribution is 2.04. The lowest BCUT2D eigenvalue weighted by Gasteiger charge is -2.10. The van der Waals surface area contributed by atoms with Crippen LogP contribution in [0.1, 0.15) is 26.2 Å². The zero-order valence-corrected chi connectivity index (χ0v) is 8.84. The van der Waals surface area contributed by atoms with Crippen molar-refractivity contribution in [1.29, 1.82) is 0 Å². The second-order valence-corrected chi connectivity index (χ2v) is 3.66.